The van der Waals surface area contributed by atoms with Crippen LogP contribution in [-0.4, -0.2) is 36.9 Å². The number of pyridine rings is 1. The zero-order valence-corrected chi connectivity index (χ0v) is 16.1. The molecule has 1 atom stereocenters. The van der Waals surface area contributed by atoms with Gasteiger partial charge in [0.2, 0.25) is 0 Å². The van der Waals surface area contributed by atoms with Gasteiger partial charge < -0.3 is 10.6 Å². The molecule has 1 unspecified atom stereocenters. The number of carbonyl (C=O) groups is 1. The summed E-state index contributed by atoms with van der Waals surface area (Å²) in [7, 11) is -3.05. The van der Waals surface area contributed by atoms with Gasteiger partial charge in [-0.3, -0.25) is 9.78 Å². The molecule has 1 aliphatic heterocycles. The lowest BCUT2D eigenvalue weighted by Gasteiger charge is -2.14. The third kappa shape index (κ3) is 4.34. The third-order valence-electron chi connectivity index (χ3n) is 4.26. The van der Waals surface area contributed by atoms with E-state index >= 15 is 0 Å². The molecule has 2 heterocycles. The molecule has 2 N–H and O–H groups in total. The first kappa shape index (κ1) is 18.7. The molecule has 0 spiro atoms. The van der Waals surface area contributed by atoms with E-state index in [0.717, 1.165) is 16.8 Å². The van der Waals surface area contributed by atoms with Gasteiger partial charge >= 0.3 is 0 Å². The molecule has 8 heteroatoms. The van der Waals surface area contributed by atoms with E-state index < -0.39 is 9.84 Å². The molecule has 1 aromatic carbocycles. The van der Waals surface area contributed by atoms with E-state index in [9.17, 15) is 13.2 Å². The van der Waals surface area contributed by atoms with Crippen LogP contribution >= 0.6 is 11.6 Å². The number of sulfone groups is 1. The van der Waals surface area contributed by atoms with Gasteiger partial charge in [-0.15, -0.1) is 0 Å². The van der Waals surface area contributed by atoms with Crippen molar-refractivity contribution in [2.75, 3.05) is 16.8 Å². The van der Waals surface area contributed by atoms with Crippen LogP contribution in [0.4, 0.5) is 11.4 Å². The van der Waals surface area contributed by atoms with Crippen molar-refractivity contribution in [2.45, 2.75) is 26.3 Å². The Morgan fingerprint density at radius 1 is 1.27 bits per heavy atom. The van der Waals surface area contributed by atoms with Gasteiger partial charge in [-0.2, -0.15) is 0 Å². The van der Waals surface area contributed by atoms with E-state index in [1.54, 1.807) is 12.1 Å². The van der Waals surface area contributed by atoms with Crippen LogP contribution in [0.15, 0.2) is 30.5 Å². The van der Waals surface area contributed by atoms with E-state index in [1.807, 2.05) is 26.0 Å². The maximum Gasteiger partial charge on any atom is 0.270 e. The predicted molar refractivity (Wildman–Crippen MR) is 103 cm³/mol. The summed E-state index contributed by atoms with van der Waals surface area (Å²) in [6.45, 7) is 3.93. The Balaban J connectivity index is 1.75. The lowest BCUT2D eigenvalue weighted by Crippen LogP contribution is -2.36. The fourth-order valence-electron chi connectivity index (χ4n) is 3.02. The fraction of sp³-hybridized carbons (Fsp3) is 0.333. The Hall–Kier alpha value is -2.12. The highest BCUT2D eigenvalue weighted by atomic mass is 35.5. The van der Waals surface area contributed by atoms with Crippen LogP contribution in [0.25, 0.3) is 0 Å². The Kier molecular flexibility index (Phi) is 5.20. The maximum atomic E-state index is 12.4. The molecule has 0 saturated carbocycles. The van der Waals surface area contributed by atoms with Gasteiger partial charge in [0.15, 0.2) is 9.84 Å². The van der Waals surface area contributed by atoms with Crippen molar-refractivity contribution in [2.24, 2.45) is 0 Å². The van der Waals surface area contributed by atoms with E-state index in [4.69, 9.17) is 11.6 Å². The van der Waals surface area contributed by atoms with Gasteiger partial charge in [0.05, 0.1) is 22.2 Å². The Bertz CT molecular complexity index is 937. The van der Waals surface area contributed by atoms with Crippen LogP contribution in [0.5, 0.6) is 0 Å². The number of carbonyl (C=O) groups excluding carboxylic acids is 1. The Morgan fingerprint density at radius 2 is 2.04 bits per heavy atom. The second kappa shape index (κ2) is 7.25. The molecule has 2 aromatic rings. The Morgan fingerprint density at radius 3 is 2.69 bits per heavy atom. The van der Waals surface area contributed by atoms with Crippen molar-refractivity contribution in [3.8, 4) is 0 Å². The van der Waals surface area contributed by atoms with E-state index in [2.05, 4.69) is 15.6 Å². The number of hydrogen-bond acceptors (Lipinski definition) is 5. The predicted octanol–water partition coefficient (Wildman–Crippen LogP) is 3.01. The summed E-state index contributed by atoms with van der Waals surface area (Å²) >= 11 is 6.31. The highest BCUT2D eigenvalue weighted by molar-refractivity contribution is 7.91. The number of hydrogen-bond donors (Lipinski definition) is 2. The normalized spacial score (nSPS) is 18.5. The largest absolute Gasteiger partial charge is 0.354 e. The van der Waals surface area contributed by atoms with Crippen LogP contribution in [0.1, 0.15) is 28.0 Å². The first-order valence-corrected chi connectivity index (χ1v) is 10.4. The molecule has 1 aromatic heterocycles. The molecule has 0 aliphatic carbocycles. The van der Waals surface area contributed by atoms with E-state index in [-0.39, 0.29) is 29.1 Å². The second-order valence-electron chi connectivity index (χ2n) is 6.57. The number of anilines is 2. The van der Waals surface area contributed by atoms with Crippen molar-refractivity contribution in [1.82, 2.24) is 10.3 Å². The lowest BCUT2D eigenvalue weighted by molar-refractivity contribution is 0.0936. The number of halogens is 1. The summed E-state index contributed by atoms with van der Waals surface area (Å²) in [6.07, 6.45) is 1.96. The zero-order chi connectivity index (χ0) is 18.9. The average molecular weight is 394 g/mol. The molecular formula is C18H20ClN3O3S. The number of benzene rings is 1. The van der Waals surface area contributed by atoms with Crippen molar-refractivity contribution < 1.29 is 13.2 Å². The van der Waals surface area contributed by atoms with Crippen molar-refractivity contribution in [3.63, 3.8) is 0 Å². The smallest absolute Gasteiger partial charge is 0.270 e. The lowest BCUT2D eigenvalue weighted by atomic mass is 10.1. The molecule has 3 rings (SSSR count). The number of nitrogens with zero attached hydrogens (tertiary/aromatic N) is 1. The summed E-state index contributed by atoms with van der Waals surface area (Å²) in [5.41, 5.74) is 3.74. The first-order valence-electron chi connectivity index (χ1n) is 8.24. The zero-order valence-electron chi connectivity index (χ0n) is 14.5. The van der Waals surface area contributed by atoms with Crippen LogP contribution in [0.3, 0.4) is 0 Å². The molecular weight excluding hydrogens is 374 g/mol. The quantitative estimate of drug-likeness (QED) is 0.833. The molecule has 0 bridgehead atoms. The molecule has 26 heavy (non-hydrogen) atoms. The first-order chi connectivity index (χ1) is 12.2. The molecule has 1 aliphatic rings. The molecule has 1 fully saturated rings. The summed E-state index contributed by atoms with van der Waals surface area (Å²) in [5.74, 6) is -0.296. The minimum absolute atomic E-state index is 0.0190. The maximum absolute atomic E-state index is 12.4. The summed E-state index contributed by atoms with van der Waals surface area (Å²) in [6, 6.07) is 6.89. The number of amides is 1. The highest BCUT2D eigenvalue weighted by Gasteiger charge is 2.29. The Labute approximate surface area is 157 Å². The third-order valence-corrected chi connectivity index (χ3v) is 6.33. The average Bonchev–Trinajstić information content (AvgIpc) is 2.90. The van der Waals surface area contributed by atoms with Crippen LogP contribution in [0.2, 0.25) is 5.02 Å². The molecule has 138 valence electrons. The van der Waals surface area contributed by atoms with Gasteiger partial charge in [0, 0.05) is 17.9 Å². The van der Waals surface area contributed by atoms with Gasteiger partial charge in [0.25, 0.3) is 5.91 Å². The van der Waals surface area contributed by atoms with Crippen LogP contribution in [-0.2, 0) is 9.84 Å². The summed E-state index contributed by atoms with van der Waals surface area (Å²) < 4.78 is 23.0. The molecule has 6 nitrogen and oxygen atoms in total. The SMILES string of the molecule is Cc1cc(C)c(Nc2ccnc(C(=O)NC3CCS(=O)(=O)C3)c2)c(Cl)c1. The number of nitrogens with one attached hydrogen (secondary N) is 2. The summed E-state index contributed by atoms with van der Waals surface area (Å²) in [5, 5.41) is 6.56. The topological polar surface area (TPSA) is 88.2 Å². The van der Waals surface area contributed by atoms with E-state index in [0.29, 0.717) is 17.1 Å². The van der Waals surface area contributed by atoms with Crippen molar-refractivity contribution in [3.05, 3.63) is 52.3 Å². The number of aryl methyl sites for hydroxylation is 2. The summed E-state index contributed by atoms with van der Waals surface area (Å²) in [4.78, 5) is 16.5. The standard InChI is InChI=1S/C18H20ClN3O3S/c1-11-7-12(2)17(15(19)8-11)21-13-3-5-20-16(9-13)18(23)22-14-4-6-26(24,25)10-14/h3,5,7-9,14H,4,6,10H2,1-2H3,(H,20,21)(H,22,23). The second-order valence-corrected chi connectivity index (χ2v) is 9.20. The molecule has 1 amide bonds. The van der Waals surface area contributed by atoms with Gasteiger partial charge in [-0.05, 0) is 49.6 Å². The number of aromatic nitrogens is 1. The van der Waals surface area contributed by atoms with Gasteiger partial charge in [0.1, 0.15) is 5.69 Å². The van der Waals surface area contributed by atoms with Crippen molar-refractivity contribution in [1.29, 1.82) is 0 Å². The van der Waals surface area contributed by atoms with Gasteiger partial charge in [-0.1, -0.05) is 17.7 Å². The molecule has 0 radical (unpaired) electrons. The van der Waals surface area contributed by atoms with E-state index in [1.165, 1.54) is 6.20 Å². The minimum Gasteiger partial charge on any atom is -0.354 e. The minimum atomic E-state index is -3.05. The van der Waals surface area contributed by atoms with Crippen LogP contribution < -0.4 is 10.6 Å². The monoisotopic (exact) mass is 393 g/mol. The molecule has 1 saturated heterocycles. The van der Waals surface area contributed by atoms with Crippen LogP contribution in [0, 0.1) is 13.8 Å². The highest BCUT2D eigenvalue weighted by Crippen LogP contribution is 2.30. The van der Waals surface area contributed by atoms with Gasteiger partial charge in [-0.25, -0.2) is 8.42 Å². The fourth-order valence-corrected chi connectivity index (χ4v) is 5.06. The van der Waals surface area contributed by atoms with Crippen molar-refractivity contribution >= 4 is 38.7 Å². The number of rotatable bonds is 4.